The predicted octanol–water partition coefficient (Wildman–Crippen LogP) is 0.954. The van der Waals surface area contributed by atoms with Crippen LogP contribution in [-0.2, 0) is 31.6 Å². The van der Waals surface area contributed by atoms with Crippen molar-refractivity contribution in [2.45, 2.75) is 25.4 Å². The van der Waals surface area contributed by atoms with Gasteiger partial charge in [-0.3, -0.25) is 13.9 Å². The number of nitrogens with one attached hydrogen (secondary N) is 2. The molecule has 0 bridgehead atoms. The van der Waals surface area contributed by atoms with Crippen molar-refractivity contribution in [3.63, 3.8) is 0 Å². The highest BCUT2D eigenvalue weighted by Gasteiger charge is 2.28. The van der Waals surface area contributed by atoms with Crippen molar-refractivity contribution in [3.05, 3.63) is 47.9 Å². The number of sulfonamides is 1. The second-order valence-corrected chi connectivity index (χ2v) is 9.08. The summed E-state index contributed by atoms with van der Waals surface area (Å²) in [7, 11) is -3.44. The summed E-state index contributed by atoms with van der Waals surface area (Å²) in [6.45, 7) is 1.59. The van der Waals surface area contributed by atoms with Gasteiger partial charge in [0.25, 0.3) is 0 Å². The number of aliphatic hydroxyl groups is 1. The highest BCUT2D eigenvalue weighted by molar-refractivity contribution is 7.92. The topological polar surface area (TPSA) is 129 Å². The number of hydrogen-bond acceptors (Lipinski definition) is 6. The van der Waals surface area contributed by atoms with Crippen LogP contribution in [-0.4, -0.2) is 44.7 Å². The van der Waals surface area contributed by atoms with Gasteiger partial charge in [0, 0.05) is 12.2 Å². The Hall–Kier alpha value is -2.85. The van der Waals surface area contributed by atoms with Crippen molar-refractivity contribution in [1.82, 2.24) is 5.32 Å². The van der Waals surface area contributed by atoms with Gasteiger partial charge in [-0.15, -0.1) is 0 Å². The van der Waals surface area contributed by atoms with Crippen molar-refractivity contribution in [2.24, 2.45) is 0 Å². The molecule has 1 aliphatic rings. The van der Waals surface area contributed by atoms with E-state index in [-0.39, 0.29) is 12.3 Å². The van der Waals surface area contributed by atoms with E-state index in [4.69, 9.17) is 4.42 Å². The highest BCUT2D eigenvalue weighted by atomic mass is 32.2. The Labute approximate surface area is 168 Å². The summed E-state index contributed by atoms with van der Waals surface area (Å²) in [5, 5.41) is 15.1. The molecule has 156 valence electrons. The van der Waals surface area contributed by atoms with E-state index in [0.29, 0.717) is 24.3 Å². The molecular formula is C19H23N3O6S. The third-order valence-electron chi connectivity index (χ3n) is 4.67. The molecule has 2 heterocycles. The van der Waals surface area contributed by atoms with E-state index in [1.807, 2.05) is 0 Å². The number of rotatable bonds is 5. The number of carbonyl (C=O) groups is 2. The van der Waals surface area contributed by atoms with Crippen LogP contribution in [0.1, 0.15) is 24.7 Å². The van der Waals surface area contributed by atoms with Gasteiger partial charge in [0.15, 0.2) is 0 Å². The molecule has 0 saturated carbocycles. The van der Waals surface area contributed by atoms with Crippen molar-refractivity contribution >= 4 is 33.2 Å². The molecule has 1 aromatic heterocycles. The third-order valence-corrected chi connectivity index (χ3v) is 5.85. The van der Waals surface area contributed by atoms with Gasteiger partial charge in [-0.05, 0) is 49.6 Å². The predicted molar refractivity (Wildman–Crippen MR) is 107 cm³/mol. The van der Waals surface area contributed by atoms with Gasteiger partial charge in [-0.25, -0.2) is 8.42 Å². The van der Waals surface area contributed by atoms with Crippen LogP contribution in [0.15, 0.2) is 41.0 Å². The first-order valence-corrected chi connectivity index (χ1v) is 10.9. The number of nitrogens with zero attached hydrogens (tertiary/aromatic N) is 1. The average Bonchev–Trinajstić information content (AvgIpc) is 3.20. The fraction of sp³-hybridized carbons (Fsp3) is 0.368. The second-order valence-electron chi connectivity index (χ2n) is 7.17. The van der Waals surface area contributed by atoms with Crippen LogP contribution in [0.25, 0.3) is 0 Å². The summed E-state index contributed by atoms with van der Waals surface area (Å²) in [4.78, 5) is 24.3. The number of carbonyl (C=O) groups excluding carboxylic acids is 2. The van der Waals surface area contributed by atoms with Gasteiger partial charge in [-0.2, -0.15) is 0 Å². The van der Waals surface area contributed by atoms with Gasteiger partial charge < -0.3 is 20.2 Å². The highest BCUT2D eigenvalue weighted by Crippen LogP contribution is 2.31. The second kappa shape index (κ2) is 7.88. The van der Waals surface area contributed by atoms with E-state index in [9.17, 15) is 23.1 Å². The number of furan rings is 1. The Morgan fingerprint density at radius 2 is 2.03 bits per heavy atom. The normalized spacial score (nSPS) is 15.9. The summed E-state index contributed by atoms with van der Waals surface area (Å²) in [6.07, 6.45) is 3.97. The maximum Gasteiger partial charge on any atom is 0.313 e. The van der Waals surface area contributed by atoms with Crippen LogP contribution in [0.4, 0.5) is 11.4 Å². The molecule has 1 unspecified atom stereocenters. The Morgan fingerprint density at radius 1 is 1.28 bits per heavy atom. The minimum Gasteiger partial charge on any atom is -0.466 e. The number of amides is 2. The molecule has 29 heavy (non-hydrogen) atoms. The molecule has 1 aromatic carbocycles. The van der Waals surface area contributed by atoms with Crippen LogP contribution in [0.3, 0.4) is 0 Å². The smallest absolute Gasteiger partial charge is 0.313 e. The quantitative estimate of drug-likeness (QED) is 0.617. The van der Waals surface area contributed by atoms with Gasteiger partial charge in [0.2, 0.25) is 10.0 Å². The molecule has 3 rings (SSSR count). The summed E-state index contributed by atoms with van der Waals surface area (Å²) in [5.41, 5.74) is 0.190. The van der Waals surface area contributed by atoms with Gasteiger partial charge in [0.1, 0.15) is 11.4 Å². The first-order valence-electron chi connectivity index (χ1n) is 9.04. The Kier molecular flexibility index (Phi) is 5.67. The maximum absolute atomic E-state index is 12.2. The van der Waals surface area contributed by atoms with Crippen LogP contribution in [0.2, 0.25) is 0 Å². The van der Waals surface area contributed by atoms with Crippen molar-refractivity contribution < 1.29 is 27.5 Å². The number of anilines is 2. The van der Waals surface area contributed by atoms with Gasteiger partial charge in [-0.1, -0.05) is 6.07 Å². The van der Waals surface area contributed by atoms with Crippen LogP contribution in [0, 0.1) is 0 Å². The Bertz CT molecular complexity index is 1010. The molecule has 0 saturated heterocycles. The van der Waals surface area contributed by atoms with Crippen LogP contribution >= 0.6 is 0 Å². The minimum atomic E-state index is -3.44. The molecule has 0 aliphatic carbocycles. The summed E-state index contributed by atoms with van der Waals surface area (Å²) < 4.78 is 30.4. The molecular weight excluding hydrogens is 398 g/mol. The minimum absolute atomic E-state index is 0.223. The lowest BCUT2D eigenvalue weighted by atomic mass is 10.0. The summed E-state index contributed by atoms with van der Waals surface area (Å²) in [5.74, 6) is -1.61. The van der Waals surface area contributed by atoms with Crippen LogP contribution in [0.5, 0.6) is 0 Å². The van der Waals surface area contributed by atoms with E-state index >= 15 is 0 Å². The number of aryl methyl sites for hydroxylation is 1. The number of fused-ring (bicyclic) bond motifs is 1. The molecule has 2 aromatic rings. The van der Waals surface area contributed by atoms with Gasteiger partial charge in [0.05, 0.1) is 24.8 Å². The number of benzene rings is 1. The van der Waals surface area contributed by atoms with E-state index in [2.05, 4.69) is 10.6 Å². The molecule has 2 amide bonds. The number of hydrogen-bond donors (Lipinski definition) is 3. The molecule has 9 nitrogen and oxygen atoms in total. The lowest BCUT2D eigenvalue weighted by molar-refractivity contribution is -0.136. The molecule has 1 aliphatic heterocycles. The zero-order chi connectivity index (χ0) is 21.2. The average molecular weight is 421 g/mol. The van der Waals surface area contributed by atoms with E-state index in [0.717, 1.165) is 18.2 Å². The van der Waals surface area contributed by atoms with Crippen molar-refractivity contribution in [1.29, 1.82) is 0 Å². The first kappa shape index (κ1) is 20.9. The monoisotopic (exact) mass is 421 g/mol. The fourth-order valence-corrected chi connectivity index (χ4v) is 4.14. The zero-order valence-corrected chi connectivity index (χ0v) is 17.0. The molecule has 10 heteroatoms. The molecule has 0 radical (unpaired) electrons. The zero-order valence-electron chi connectivity index (χ0n) is 16.1. The maximum atomic E-state index is 12.2. The largest absolute Gasteiger partial charge is 0.466 e. The van der Waals surface area contributed by atoms with Crippen molar-refractivity contribution in [3.8, 4) is 0 Å². The first-order chi connectivity index (χ1) is 13.6. The van der Waals surface area contributed by atoms with E-state index in [1.165, 1.54) is 17.5 Å². The fourth-order valence-electron chi connectivity index (χ4n) is 3.16. The SMILES string of the molecule is CC(O)(CNC(=O)C(=O)Nc1ccc2c(c1)N(S(C)(=O)=O)CCC2)c1ccco1. The third kappa shape index (κ3) is 4.77. The Morgan fingerprint density at radius 3 is 2.69 bits per heavy atom. The molecule has 0 spiro atoms. The summed E-state index contributed by atoms with van der Waals surface area (Å²) in [6, 6.07) is 8.07. The van der Waals surface area contributed by atoms with E-state index < -0.39 is 27.4 Å². The molecule has 0 fully saturated rings. The van der Waals surface area contributed by atoms with Crippen LogP contribution < -0.4 is 14.9 Å². The van der Waals surface area contributed by atoms with E-state index in [1.54, 1.807) is 30.3 Å². The lowest BCUT2D eigenvalue weighted by Crippen LogP contribution is -2.43. The summed E-state index contributed by atoms with van der Waals surface area (Å²) >= 11 is 0. The van der Waals surface area contributed by atoms with Crippen molar-refractivity contribution in [2.75, 3.05) is 29.0 Å². The Balaban J connectivity index is 1.67. The molecule has 3 N–H and O–H groups in total. The standard InChI is InChI=1S/C19H23N3O6S/c1-19(25,16-6-4-10-28-16)12-20-17(23)18(24)21-14-8-7-13-5-3-9-22(15(13)11-14)29(2,26)27/h4,6-8,10-11,25H,3,5,9,12H2,1-2H3,(H,20,23)(H,21,24). The molecule has 1 atom stereocenters. The lowest BCUT2D eigenvalue weighted by Gasteiger charge is -2.29. The van der Waals surface area contributed by atoms with Gasteiger partial charge >= 0.3 is 11.8 Å².